The zero-order valence-electron chi connectivity index (χ0n) is 24.5. The third-order valence-electron chi connectivity index (χ3n) is 6.01. The summed E-state index contributed by atoms with van der Waals surface area (Å²) in [4.78, 5) is 36.8. The van der Waals surface area contributed by atoms with Gasteiger partial charge in [0.05, 0.1) is 12.1 Å². The minimum atomic E-state index is -4.81. The second kappa shape index (κ2) is 11.6. The molecule has 0 N–H and O–H groups in total. The molecule has 0 radical (unpaired) electrons. The van der Waals surface area contributed by atoms with Gasteiger partial charge in [0.25, 0.3) is 0 Å². The molecule has 0 atom stereocenters. The highest BCUT2D eigenvalue weighted by Crippen LogP contribution is 2.37. The average molecular weight is 586 g/mol. The fourth-order valence-corrected chi connectivity index (χ4v) is 4.46. The number of carbonyl (C=O) groups excluding carboxylic acids is 2. The second-order valence-corrected chi connectivity index (χ2v) is 12.0. The van der Waals surface area contributed by atoms with E-state index in [0.29, 0.717) is 35.5 Å². The largest absolute Gasteiger partial charge is 0.573 e. The minimum absolute atomic E-state index is 0.0606. The van der Waals surface area contributed by atoms with Crippen molar-refractivity contribution >= 4 is 23.6 Å². The summed E-state index contributed by atoms with van der Waals surface area (Å²) in [7, 11) is 0. The summed E-state index contributed by atoms with van der Waals surface area (Å²) in [5.41, 5.74) is 1.75. The Morgan fingerprint density at radius 3 is 2.02 bits per heavy atom. The molecule has 3 aromatic rings. The summed E-state index contributed by atoms with van der Waals surface area (Å²) in [6.07, 6.45) is -3.31. The van der Waals surface area contributed by atoms with Crippen molar-refractivity contribution < 1.29 is 37.0 Å². The van der Waals surface area contributed by atoms with E-state index in [1.807, 2.05) is 0 Å². The van der Waals surface area contributed by atoms with E-state index in [1.54, 1.807) is 65.8 Å². The number of amides is 1. The van der Waals surface area contributed by atoms with Crippen molar-refractivity contribution in [3.63, 3.8) is 0 Å². The zero-order chi connectivity index (χ0) is 30.9. The Balaban J connectivity index is 1.74. The number of ether oxygens (including phenoxy) is 3. The zero-order valence-corrected chi connectivity index (χ0v) is 24.5. The lowest BCUT2D eigenvalue weighted by molar-refractivity contribution is -0.274. The Morgan fingerprint density at radius 1 is 0.833 bits per heavy atom. The second-order valence-electron chi connectivity index (χ2n) is 12.0. The number of alkyl halides is 3. The predicted octanol–water partition coefficient (Wildman–Crippen LogP) is 7.49. The Morgan fingerprint density at radius 2 is 1.45 bits per heavy atom. The fourth-order valence-electron chi connectivity index (χ4n) is 4.46. The number of benzene rings is 2. The van der Waals surface area contributed by atoms with Gasteiger partial charge < -0.3 is 14.2 Å². The van der Waals surface area contributed by atoms with Gasteiger partial charge in [-0.2, -0.15) is 0 Å². The Bertz CT molecular complexity index is 1440. The molecule has 1 aliphatic carbocycles. The maximum atomic E-state index is 13.7. The maximum absolute atomic E-state index is 13.7. The van der Waals surface area contributed by atoms with Crippen molar-refractivity contribution in [3.05, 3.63) is 65.4 Å². The summed E-state index contributed by atoms with van der Waals surface area (Å²) in [5, 5.41) is 0. The first-order valence-electron chi connectivity index (χ1n) is 13.6. The molecule has 0 saturated carbocycles. The number of hydrogen-bond acceptors (Lipinski definition) is 7. The van der Waals surface area contributed by atoms with E-state index in [4.69, 9.17) is 14.5 Å². The predicted molar refractivity (Wildman–Crippen MR) is 151 cm³/mol. The van der Waals surface area contributed by atoms with Crippen LogP contribution in [0.25, 0.3) is 11.4 Å². The first-order valence-corrected chi connectivity index (χ1v) is 13.6. The van der Waals surface area contributed by atoms with E-state index in [0.717, 1.165) is 17.7 Å². The molecule has 1 amide bonds. The third kappa shape index (κ3) is 8.20. The van der Waals surface area contributed by atoms with Gasteiger partial charge >= 0.3 is 18.4 Å². The molecule has 0 aliphatic heterocycles. The van der Waals surface area contributed by atoms with E-state index in [1.165, 1.54) is 29.2 Å². The van der Waals surface area contributed by atoms with Gasteiger partial charge in [-0.15, -0.1) is 13.2 Å². The van der Waals surface area contributed by atoms with Gasteiger partial charge in [-0.05, 0) is 103 Å². The molecule has 1 aliphatic rings. The lowest BCUT2D eigenvalue weighted by Gasteiger charge is -2.28. The van der Waals surface area contributed by atoms with Crippen molar-refractivity contribution in [2.75, 3.05) is 4.90 Å². The van der Waals surface area contributed by atoms with Gasteiger partial charge in [-0.25, -0.2) is 19.7 Å². The van der Waals surface area contributed by atoms with Crippen molar-refractivity contribution in [1.29, 1.82) is 0 Å². The van der Waals surface area contributed by atoms with Crippen LogP contribution in [0.2, 0.25) is 0 Å². The molecule has 0 saturated heterocycles. The summed E-state index contributed by atoms with van der Waals surface area (Å²) >= 11 is 0. The molecule has 1 heterocycles. The molecular weight excluding hydrogens is 551 g/mol. The van der Waals surface area contributed by atoms with E-state index < -0.39 is 23.7 Å². The van der Waals surface area contributed by atoms with Crippen LogP contribution in [0.15, 0.2) is 48.5 Å². The van der Waals surface area contributed by atoms with Crippen LogP contribution in [0.4, 0.5) is 29.5 Å². The highest BCUT2D eigenvalue weighted by molar-refractivity contribution is 5.96. The van der Waals surface area contributed by atoms with Crippen molar-refractivity contribution in [2.45, 2.75) is 84.8 Å². The molecular formula is C31H34F3N3O5. The summed E-state index contributed by atoms with van der Waals surface area (Å²) in [6.45, 7) is 10.7. The standard InChI is InChI=1S/C31H34F3N3O5/c1-29(2,3)41-25(38)18-19-10-14-21(15-11-19)37(28(39)42-30(4,5)6)27-23-8-7-9-24(23)35-26(36-27)20-12-16-22(17-13-20)40-31(32,33)34/h10-17H,7-9,18H2,1-6H3. The summed E-state index contributed by atoms with van der Waals surface area (Å²) < 4.78 is 53.1. The average Bonchev–Trinajstić information content (AvgIpc) is 3.31. The van der Waals surface area contributed by atoms with Gasteiger partial charge in [-0.3, -0.25) is 4.79 Å². The SMILES string of the molecule is CC(C)(C)OC(=O)Cc1ccc(N(C(=O)OC(C)(C)C)c2nc(-c3ccc(OC(F)(F)F)cc3)nc3c2CCC3)cc1. The number of rotatable bonds is 6. The number of esters is 1. The van der Waals surface area contributed by atoms with Crippen LogP contribution >= 0.6 is 0 Å². The van der Waals surface area contributed by atoms with Crippen LogP contribution in [-0.4, -0.2) is 39.6 Å². The Kier molecular flexibility index (Phi) is 8.52. The highest BCUT2D eigenvalue weighted by atomic mass is 19.4. The van der Waals surface area contributed by atoms with Crippen LogP contribution in [0.1, 0.15) is 64.8 Å². The van der Waals surface area contributed by atoms with Crippen molar-refractivity contribution in [3.8, 4) is 17.1 Å². The van der Waals surface area contributed by atoms with Gasteiger partial charge in [0.15, 0.2) is 5.82 Å². The number of hydrogen-bond donors (Lipinski definition) is 0. The molecule has 2 aromatic carbocycles. The molecule has 0 spiro atoms. The molecule has 1 aromatic heterocycles. The number of nitrogens with zero attached hydrogens (tertiary/aromatic N) is 3. The van der Waals surface area contributed by atoms with E-state index in [-0.39, 0.29) is 24.0 Å². The quantitative estimate of drug-likeness (QED) is 0.277. The Hall–Kier alpha value is -4.15. The van der Waals surface area contributed by atoms with E-state index in [2.05, 4.69) is 9.72 Å². The molecule has 0 unspecified atom stereocenters. The summed E-state index contributed by atoms with van der Waals surface area (Å²) in [6, 6.07) is 12.1. The van der Waals surface area contributed by atoms with Gasteiger partial charge in [-0.1, -0.05) is 12.1 Å². The maximum Gasteiger partial charge on any atom is 0.573 e. The van der Waals surface area contributed by atoms with Crippen LogP contribution in [0, 0.1) is 0 Å². The van der Waals surface area contributed by atoms with Crippen molar-refractivity contribution in [1.82, 2.24) is 9.97 Å². The minimum Gasteiger partial charge on any atom is -0.460 e. The van der Waals surface area contributed by atoms with Gasteiger partial charge in [0.1, 0.15) is 22.8 Å². The normalized spacial score (nSPS) is 13.4. The molecule has 0 bridgehead atoms. The number of carbonyl (C=O) groups is 2. The fraction of sp³-hybridized carbons (Fsp3) is 0.419. The molecule has 0 fully saturated rings. The monoisotopic (exact) mass is 585 g/mol. The van der Waals surface area contributed by atoms with Crippen LogP contribution < -0.4 is 9.64 Å². The van der Waals surface area contributed by atoms with Gasteiger partial charge in [0.2, 0.25) is 0 Å². The molecule has 42 heavy (non-hydrogen) atoms. The number of anilines is 2. The van der Waals surface area contributed by atoms with Crippen LogP contribution in [0.5, 0.6) is 5.75 Å². The Labute approximate surface area is 242 Å². The third-order valence-corrected chi connectivity index (χ3v) is 6.01. The topological polar surface area (TPSA) is 90.9 Å². The number of halogens is 3. The first kappa shape index (κ1) is 30.8. The van der Waals surface area contributed by atoms with Crippen molar-refractivity contribution in [2.24, 2.45) is 0 Å². The molecule has 224 valence electrons. The molecule has 11 heteroatoms. The van der Waals surface area contributed by atoms with Crippen LogP contribution in [0.3, 0.4) is 0 Å². The first-order chi connectivity index (χ1) is 19.5. The molecule has 4 rings (SSSR count). The van der Waals surface area contributed by atoms with E-state index in [9.17, 15) is 22.8 Å². The van der Waals surface area contributed by atoms with E-state index >= 15 is 0 Å². The number of fused-ring (bicyclic) bond motifs is 1. The van der Waals surface area contributed by atoms with Gasteiger partial charge in [0, 0.05) is 16.8 Å². The number of aryl methyl sites for hydroxylation is 1. The molecule has 8 nitrogen and oxygen atoms in total. The lowest BCUT2D eigenvalue weighted by atomic mass is 10.1. The summed E-state index contributed by atoms with van der Waals surface area (Å²) in [5.74, 6) is -0.157. The number of aromatic nitrogens is 2. The van der Waals surface area contributed by atoms with Crippen LogP contribution in [-0.2, 0) is 33.5 Å². The highest BCUT2D eigenvalue weighted by Gasteiger charge is 2.33. The lowest BCUT2D eigenvalue weighted by Crippen LogP contribution is -2.35. The smallest absolute Gasteiger partial charge is 0.460 e.